The van der Waals surface area contributed by atoms with Crippen molar-refractivity contribution in [1.82, 2.24) is 0 Å². The second-order valence-electron chi connectivity index (χ2n) is 5.23. The van der Waals surface area contributed by atoms with E-state index in [4.69, 9.17) is 17.7 Å². The average molecular weight is 291 g/mol. The van der Waals surface area contributed by atoms with Crippen molar-refractivity contribution in [2.24, 2.45) is 0 Å². The fraction of sp³-hybridized carbons (Fsp3) is 0.188. The summed E-state index contributed by atoms with van der Waals surface area (Å²) in [6.07, 6.45) is 3.62. The van der Waals surface area contributed by atoms with Gasteiger partial charge in [-0.1, -0.05) is 31.1 Å². The Morgan fingerprint density at radius 1 is 1.41 bits per heavy atom. The molecule has 0 aromatic heterocycles. The summed E-state index contributed by atoms with van der Waals surface area (Å²) < 4.78 is 5.85. The monoisotopic (exact) mass is 291 g/mol. The maximum Gasteiger partial charge on any atom is 0.191 e. The van der Waals surface area contributed by atoms with E-state index in [1.807, 2.05) is 18.2 Å². The molecule has 2 aromatic rings. The van der Waals surface area contributed by atoms with Gasteiger partial charge in [-0.3, -0.25) is 4.79 Å². The van der Waals surface area contributed by atoms with Gasteiger partial charge in [0, 0.05) is 10.9 Å². The molecule has 6 heteroatoms. The highest BCUT2D eigenvalue weighted by atomic mass is 16.5. The van der Waals surface area contributed by atoms with E-state index in [-0.39, 0.29) is 11.3 Å². The quantitative estimate of drug-likeness (QED) is 0.667. The number of phenolic OH excluding ortho intramolecular Hbond substituents is 1. The lowest BCUT2D eigenvalue weighted by molar-refractivity contribution is 0.0901. The molecule has 0 aliphatic carbocycles. The van der Waals surface area contributed by atoms with Crippen LogP contribution in [0.25, 0.3) is 16.8 Å². The Morgan fingerprint density at radius 2 is 2.18 bits per heavy atom. The molecule has 1 unspecified atom stereocenters. The van der Waals surface area contributed by atoms with Gasteiger partial charge in [0.25, 0.3) is 0 Å². The van der Waals surface area contributed by atoms with E-state index in [1.165, 1.54) is 6.07 Å². The van der Waals surface area contributed by atoms with E-state index in [2.05, 4.69) is 0 Å². The van der Waals surface area contributed by atoms with Gasteiger partial charge in [0.15, 0.2) is 13.1 Å². The number of rotatable bonds is 3. The summed E-state index contributed by atoms with van der Waals surface area (Å²) in [5.41, 5.74) is 0.929. The summed E-state index contributed by atoms with van der Waals surface area (Å²) in [7, 11) is 7.82. The van der Waals surface area contributed by atoms with E-state index < -0.39 is 17.8 Å². The Bertz CT molecular complexity index is 800. The molecule has 1 aliphatic heterocycles. The lowest BCUT2D eigenvalue weighted by atomic mass is 9.51. The first-order valence-electron chi connectivity index (χ1n) is 6.89. The standard InChI is InChI=1S/C16H13B2O4/c1-18-16(17)5-4-9-2-3-10-6-12(14(21)8-19)13(20)7-11(10)15(9)22-16/h2-7,19-20H,8H2,1H3. The minimum absolute atomic E-state index is 0.0855. The first kappa shape index (κ1) is 14.7. The maximum absolute atomic E-state index is 11.6. The first-order valence-corrected chi connectivity index (χ1v) is 6.89. The predicted molar refractivity (Wildman–Crippen MR) is 86.8 cm³/mol. The number of aliphatic hydroxyl groups excluding tert-OH is 1. The van der Waals surface area contributed by atoms with Crippen molar-refractivity contribution in [3.8, 4) is 11.5 Å². The number of hydrogen-bond donors (Lipinski definition) is 2. The topological polar surface area (TPSA) is 66.8 Å². The lowest BCUT2D eigenvalue weighted by Crippen LogP contribution is -2.41. The Balaban J connectivity index is 2.22. The van der Waals surface area contributed by atoms with Gasteiger partial charge >= 0.3 is 0 Å². The van der Waals surface area contributed by atoms with Crippen LogP contribution in [0.4, 0.5) is 0 Å². The SMILES string of the molecule is [B]C1([B]C)C=Cc2ccc3cc(C(=O)CO)c(O)cc3c2O1. The van der Waals surface area contributed by atoms with Crippen LogP contribution in [0.3, 0.4) is 0 Å². The van der Waals surface area contributed by atoms with Gasteiger partial charge in [0.1, 0.15) is 26.0 Å². The minimum Gasteiger partial charge on any atom is -0.507 e. The van der Waals surface area contributed by atoms with E-state index in [0.717, 1.165) is 10.9 Å². The Hall–Kier alpha value is -2.20. The number of hydrogen-bond acceptors (Lipinski definition) is 4. The number of ketones is 1. The number of fused-ring (bicyclic) bond motifs is 3. The summed E-state index contributed by atoms with van der Waals surface area (Å²) >= 11 is 0. The second-order valence-corrected chi connectivity index (χ2v) is 5.23. The van der Waals surface area contributed by atoms with Crippen LogP contribution in [-0.2, 0) is 0 Å². The van der Waals surface area contributed by atoms with Crippen LogP contribution in [0.15, 0.2) is 30.3 Å². The molecule has 1 aliphatic rings. The second kappa shape index (κ2) is 5.21. The van der Waals surface area contributed by atoms with Crippen LogP contribution in [0, 0.1) is 0 Å². The smallest absolute Gasteiger partial charge is 0.191 e. The zero-order chi connectivity index (χ0) is 15.9. The summed E-state index contributed by atoms with van der Waals surface area (Å²) in [6.45, 7) is 1.15. The number of benzene rings is 2. The van der Waals surface area contributed by atoms with Gasteiger partial charge in [0.2, 0.25) is 0 Å². The van der Waals surface area contributed by atoms with Crippen molar-refractivity contribution in [2.45, 2.75) is 12.2 Å². The number of ether oxygens (including phenoxy) is 1. The highest BCUT2D eigenvalue weighted by Crippen LogP contribution is 2.39. The van der Waals surface area contributed by atoms with Crippen molar-refractivity contribution >= 4 is 37.8 Å². The molecule has 1 atom stereocenters. The first-order chi connectivity index (χ1) is 10.5. The molecule has 0 bridgehead atoms. The molecule has 0 saturated heterocycles. The van der Waals surface area contributed by atoms with Crippen LogP contribution < -0.4 is 4.74 Å². The zero-order valence-corrected chi connectivity index (χ0v) is 12.0. The van der Waals surface area contributed by atoms with Crippen LogP contribution >= 0.6 is 0 Å². The van der Waals surface area contributed by atoms with Crippen molar-refractivity contribution in [1.29, 1.82) is 0 Å². The highest BCUT2D eigenvalue weighted by Gasteiger charge is 2.27. The molecular formula is C16H13B2O4. The molecule has 2 N–H and O–H groups in total. The van der Waals surface area contributed by atoms with Gasteiger partial charge < -0.3 is 14.9 Å². The molecule has 2 aromatic carbocycles. The number of aromatic hydroxyl groups is 1. The molecule has 3 radical (unpaired) electrons. The fourth-order valence-corrected chi connectivity index (χ4v) is 2.49. The molecule has 107 valence electrons. The summed E-state index contributed by atoms with van der Waals surface area (Å²) in [6, 6.07) is 6.69. The third-order valence-electron chi connectivity index (χ3n) is 3.81. The normalized spacial score (nSPS) is 19.5. The Morgan fingerprint density at radius 3 is 2.86 bits per heavy atom. The maximum atomic E-state index is 11.6. The van der Waals surface area contributed by atoms with Gasteiger partial charge in [-0.05, 0) is 17.5 Å². The van der Waals surface area contributed by atoms with Crippen molar-refractivity contribution in [3.63, 3.8) is 0 Å². The molecule has 3 rings (SSSR count). The number of aliphatic hydroxyl groups is 1. The van der Waals surface area contributed by atoms with Crippen molar-refractivity contribution < 1.29 is 19.7 Å². The molecule has 0 saturated carbocycles. The third kappa shape index (κ3) is 2.29. The van der Waals surface area contributed by atoms with Gasteiger partial charge in [-0.25, -0.2) is 0 Å². The Labute approximate surface area is 130 Å². The van der Waals surface area contributed by atoms with Crippen LogP contribution in [0.1, 0.15) is 15.9 Å². The van der Waals surface area contributed by atoms with Gasteiger partial charge in [-0.15, -0.1) is 0 Å². The number of carbonyl (C=O) groups is 1. The van der Waals surface area contributed by atoms with Crippen LogP contribution in [-0.4, -0.2) is 43.1 Å². The zero-order valence-electron chi connectivity index (χ0n) is 12.0. The summed E-state index contributed by atoms with van der Waals surface area (Å²) in [5, 5.41) is 19.4. The molecule has 0 amide bonds. The van der Waals surface area contributed by atoms with Crippen LogP contribution in [0.5, 0.6) is 11.5 Å². The number of carbonyl (C=O) groups excluding carboxylic acids is 1. The highest BCUT2D eigenvalue weighted by molar-refractivity contribution is 6.53. The van der Waals surface area contributed by atoms with E-state index in [0.29, 0.717) is 11.1 Å². The van der Waals surface area contributed by atoms with Gasteiger partial charge in [0.05, 0.1) is 11.0 Å². The van der Waals surface area contributed by atoms with Gasteiger partial charge in [-0.2, -0.15) is 0 Å². The van der Waals surface area contributed by atoms with E-state index >= 15 is 0 Å². The number of phenols is 1. The van der Waals surface area contributed by atoms with E-state index in [9.17, 15) is 9.90 Å². The molecular weight excluding hydrogens is 278 g/mol. The van der Waals surface area contributed by atoms with Crippen LogP contribution in [0.2, 0.25) is 6.82 Å². The lowest BCUT2D eigenvalue weighted by Gasteiger charge is -2.32. The third-order valence-corrected chi connectivity index (χ3v) is 3.81. The predicted octanol–water partition coefficient (Wildman–Crippen LogP) is 1.70. The van der Waals surface area contributed by atoms with E-state index in [1.54, 1.807) is 26.2 Å². The summed E-state index contributed by atoms with van der Waals surface area (Å²) in [5.74, 6) is -0.173. The molecule has 22 heavy (non-hydrogen) atoms. The molecule has 4 nitrogen and oxygen atoms in total. The number of Topliss-reactive ketones (excluding diaryl/α,β-unsaturated/α-hetero) is 1. The Kier molecular flexibility index (Phi) is 3.49. The summed E-state index contributed by atoms with van der Waals surface area (Å²) in [4.78, 5) is 11.6. The fourth-order valence-electron chi connectivity index (χ4n) is 2.49. The average Bonchev–Trinajstić information content (AvgIpc) is 2.53. The largest absolute Gasteiger partial charge is 0.507 e. The minimum atomic E-state index is -1.00. The van der Waals surface area contributed by atoms with Crippen molar-refractivity contribution in [3.05, 3.63) is 41.5 Å². The molecule has 0 spiro atoms. The molecule has 1 heterocycles. The van der Waals surface area contributed by atoms with Crippen molar-refractivity contribution in [2.75, 3.05) is 6.61 Å². The molecule has 0 fully saturated rings.